The van der Waals surface area contributed by atoms with Crippen LogP contribution in [0.1, 0.15) is 26.2 Å². The third kappa shape index (κ3) is 4.47. The van der Waals surface area contributed by atoms with Crippen molar-refractivity contribution in [3.05, 3.63) is 11.6 Å². The second kappa shape index (κ2) is 5.91. The van der Waals surface area contributed by atoms with Crippen molar-refractivity contribution in [2.24, 2.45) is 5.92 Å². The van der Waals surface area contributed by atoms with E-state index in [0.717, 1.165) is 31.0 Å². The average molecular weight is 211 g/mol. The number of nitrogens with zero attached hydrogens (tertiary/aromatic N) is 1. The van der Waals surface area contributed by atoms with Gasteiger partial charge in [-0.25, -0.2) is 4.79 Å². The fourth-order valence-electron chi connectivity index (χ4n) is 1.58. The quantitative estimate of drug-likeness (QED) is 0.496. The summed E-state index contributed by atoms with van der Waals surface area (Å²) in [6.45, 7) is 3.97. The van der Waals surface area contributed by atoms with Gasteiger partial charge in [0.2, 0.25) is 0 Å². The van der Waals surface area contributed by atoms with Gasteiger partial charge in [0.1, 0.15) is 0 Å². The molecule has 1 aliphatic carbocycles. The molecule has 0 aromatic heterocycles. The number of carbonyl (C=O) groups excluding carboxylic acids is 1. The first kappa shape index (κ1) is 12.2. The molecule has 0 saturated heterocycles. The molecule has 86 valence electrons. The van der Waals surface area contributed by atoms with E-state index < -0.39 is 0 Å². The summed E-state index contributed by atoms with van der Waals surface area (Å²) in [5, 5.41) is 0. The van der Waals surface area contributed by atoms with E-state index in [-0.39, 0.29) is 5.97 Å². The topological polar surface area (TPSA) is 29.5 Å². The molecule has 0 aromatic rings. The van der Waals surface area contributed by atoms with E-state index in [2.05, 4.69) is 11.9 Å². The van der Waals surface area contributed by atoms with Crippen molar-refractivity contribution in [3.63, 3.8) is 0 Å². The highest BCUT2D eigenvalue weighted by molar-refractivity contribution is 5.88. The van der Waals surface area contributed by atoms with Crippen LogP contribution >= 0.6 is 0 Å². The van der Waals surface area contributed by atoms with Gasteiger partial charge >= 0.3 is 5.97 Å². The lowest BCUT2D eigenvalue weighted by molar-refractivity contribution is -0.136. The molecule has 1 aliphatic rings. The Balaban J connectivity index is 2.34. The zero-order valence-electron chi connectivity index (χ0n) is 9.95. The third-order valence-electron chi connectivity index (χ3n) is 2.74. The number of ether oxygens (including phenoxy) is 1. The summed E-state index contributed by atoms with van der Waals surface area (Å²) in [6, 6.07) is 0. The molecule has 1 rings (SSSR count). The highest BCUT2D eigenvalue weighted by Crippen LogP contribution is 2.29. The van der Waals surface area contributed by atoms with Gasteiger partial charge < -0.3 is 9.64 Å². The zero-order valence-corrected chi connectivity index (χ0v) is 9.95. The Morgan fingerprint density at radius 2 is 2.20 bits per heavy atom. The summed E-state index contributed by atoms with van der Waals surface area (Å²) in [6.07, 6.45) is 5.45. The molecule has 0 spiro atoms. The molecule has 0 heterocycles. The molecule has 0 atom stereocenters. The number of hydrogen-bond donors (Lipinski definition) is 0. The van der Waals surface area contributed by atoms with Gasteiger partial charge in [0.05, 0.1) is 7.11 Å². The van der Waals surface area contributed by atoms with Gasteiger partial charge in [-0.1, -0.05) is 13.0 Å². The van der Waals surface area contributed by atoms with E-state index in [4.69, 9.17) is 4.74 Å². The predicted octanol–water partition coefficient (Wildman–Crippen LogP) is 1.84. The van der Waals surface area contributed by atoms with Crippen LogP contribution in [0.2, 0.25) is 0 Å². The molecule has 0 amide bonds. The maximum atomic E-state index is 11.3. The molecule has 0 bridgehead atoms. The number of hydrogen-bond acceptors (Lipinski definition) is 3. The van der Waals surface area contributed by atoms with Crippen LogP contribution in [0, 0.1) is 5.92 Å². The zero-order chi connectivity index (χ0) is 11.3. The van der Waals surface area contributed by atoms with Crippen LogP contribution in [-0.4, -0.2) is 38.1 Å². The van der Waals surface area contributed by atoms with Gasteiger partial charge in [-0.05, 0) is 32.2 Å². The predicted molar refractivity (Wildman–Crippen MR) is 60.6 cm³/mol. The van der Waals surface area contributed by atoms with Gasteiger partial charge in [0.15, 0.2) is 0 Å². The fraction of sp³-hybridized carbons (Fsp3) is 0.750. The number of carbonyl (C=O) groups is 1. The van der Waals surface area contributed by atoms with Gasteiger partial charge in [-0.2, -0.15) is 0 Å². The number of esters is 1. The fourth-order valence-corrected chi connectivity index (χ4v) is 1.58. The summed E-state index contributed by atoms with van der Waals surface area (Å²) in [4.78, 5) is 13.5. The van der Waals surface area contributed by atoms with Crippen LogP contribution in [-0.2, 0) is 9.53 Å². The van der Waals surface area contributed by atoms with E-state index in [0.29, 0.717) is 0 Å². The number of likely N-dealkylation sites (N-methyl/N-ethyl adjacent to an activating group) is 1. The minimum Gasteiger partial charge on any atom is -0.466 e. The van der Waals surface area contributed by atoms with Crippen molar-refractivity contribution in [1.29, 1.82) is 0 Å². The van der Waals surface area contributed by atoms with Gasteiger partial charge in [-0.3, -0.25) is 0 Å². The first-order valence-corrected chi connectivity index (χ1v) is 5.63. The largest absolute Gasteiger partial charge is 0.466 e. The molecular weight excluding hydrogens is 190 g/mol. The summed E-state index contributed by atoms with van der Waals surface area (Å²) < 4.78 is 4.70. The molecule has 0 aliphatic heterocycles. The van der Waals surface area contributed by atoms with Gasteiger partial charge in [0, 0.05) is 18.7 Å². The normalized spacial score (nSPS) is 16.9. The molecule has 0 radical (unpaired) electrons. The van der Waals surface area contributed by atoms with E-state index in [1.807, 2.05) is 13.0 Å². The minimum atomic E-state index is -0.197. The van der Waals surface area contributed by atoms with Crippen LogP contribution in [0.5, 0.6) is 0 Å². The SMILES string of the molecule is CCC(=CCN(C)CC1CC1)C(=O)OC. The monoisotopic (exact) mass is 211 g/mol. The van der Waals surface area contributed by atoms with Crippen LogP contribution in [0.25, 0.3) is 0 Å². The second-order valence-electron chi connectivity index (χ2n) is 4.24. The Morgan fingerprint density at radius 3 is 2.67 bits per heavy atom. The van der Waals surface area contributed by atoms with Crippen molar-refractivity contribution < 1.29 is 9.53 Å². The summed E-state index contributed by atoms with van der Waals surface area (Å²) >= 11 is 0. The maximum Gasteiger partial charge on any atom is 0.333 e. The van der Waals surface area contributed by atoms with Crippen molar-refractivity contribution in [2.45, 2.75) is 26.2 Å². The minimum absolute atomic E-state index is 0.197. The van der Waals surface area contributed by atoms with E-state index in [1.54, 1.807) is 0 Å². The first-order valence-electron chi connectivity index (χ1n) is 5.63. The van der Waals surface area contributed by atoms with E-state index in [9.17, 15) is 4.79 Å². The van der Waals surface area contributed by atoms with Crippen LogP contribution in [0.15, 0.2) is 11.6 Å². The summed E-state index contributed by atoms with van der Waals surface area (Å²) in [7, 11) is 3.53. The summed E-state index contributed by atoms with van der Waals surface area (Å²) in [5.41, 5.74) is 0.778. The molecular formula is C12H21NO2. The molecule has 3 heteroatoms. The Hall–Kier alpha value is -0.830. The van der Waals surface area contributed by atoms with Crippen molar-refractivity contribution in [1.82, 2.24) is 4.90 Å². The average Bonchev–Trinajstić information content (AvgIpc) is 3.02. The van der Waals surface area contributed by atoms with Crippen molar-refractivity contribution >= 4 is 5.97 Å². The lowest BCUT2D eigenvalue weighted by atomic mass is 10.2. The third-order valence-corrected chi connectivity index (χ3v) is 2.74. The van der Waals surface area contributed by atoms with Crippen molar-refractivity contribution in [3.8, 4) is 0 Å². The van der Waals surface area contributed by atoms with E-state index >= 15 is 0 Å². The Labute approximate surface area is 92.1 Å². The summed E-state index contributed by atoms with van der Waals surface area (Å²) in [5.74, 6) is 0.698. The maximum absolute atomic E-state index is 11.3. The smallest absolute Gasteiger partial charge is 0.333 e. The lowest BCUT2D eigenvalue weighted by Gasteiger charge is -2.14. The van der Waals surface area contributed by atoms with E-state index in [1.165, 1.54) is 20.0 Å². The Bertz CT molecular complexity index is 244. The van der Waals surface area contributed by atoms with Crippen molar-refractivity contribution in [2.75, 3.05) is 27.2 Å². The second-order valence-corrected chi connectivity index (χ2v) is 4.24. The highest BCUT2D eigenvalue weighted by atomic mass is 16.5. The lowest BCUT2D eigenvalue weighted by Crippen LogP contribution is -2.21. The Morgan fingerprint density at radius 1 is 1.53 bits per heavy atom. The van der Waals surface area contributed by atoms with Crippen LogP contribution in [0.3, 0.4) is 0 Å². The molecule has 0 unspecified atom stereocenters. The Kier molecular flexibility index (Phi) is 4.82. The molecule has 0 aromatic carbocycles. The van der Waals surface area contributed by atoms with Crippen LogP contribution < -0.4 is 0 Å². The molecule has 1 fully saturated rings. The molecule has 15 heavy (non-hydrogen) atoms. The first-order chi connectivity index (χ1) is 7.17. The van der Waals surface area contributed by atoms with Crippen LogP contribution in [0.4, 0.5) is 0 Å². The number of methoxy groups -OCH3 is 1. The molecule has 0 N–H and O–H groups in total. The highest BCUT2D eigenvalue weighted by Gasteiger charge is 2.22. The van der Waals surface area contributed by atoms with Gasteiger partial charge in [0.25, 0.3) is 0 Å². The van der Waals surface area contributed by atoms with Gasteiger partial charge in [-0.15, -0.1) is 0 Å². The standard InChI is InChI=1S/C12H21NO2/c1-4-11(12(14)15-3)7-8-13(2)9-10-5-6-10/h7,10H,4-6,8-9H2,1-3H3. The molecule has 1 saturated carbocycles. The number of rotatable bonds is 6. The molecule has 3 nitrogen and oxygen atoms in total.